The molecule has 2 aliphatic heterocycles. The van der Waals surface area contributed by atoms with E-state index < -0.39 is 58.1 Å². The van der Waals surface area contributed by atoms with Crippen molar-refractivity contribution in [3.8, 4) is 0 Å². The summed E-state index contributed by atoms with van der Waals surface area (Å²) in [5, 5.41) is 2.80. The third kappa shape index (κ3) is 5.99. The summed E-state index contributed by atoms with van der Waals surface area (Å²) in [5.74, 6) is -1.49. The Bertz CT molecular complexity index is 1550. The number of ether oxygens (including phenoxy) is 1. The number of nitrogens with one attached hydrogen (secondary N) is 2. The number of nitrogens with two attached hydrogens (primary N) is 1. The van der Waals surface area contributed by atoms with Gasteiger partial charge in [0.1, 0.15) is 17.9 Å². The van der Waals surface area contributed by atoms with E-state index in [0.717, 1.165) is 14.8 Å². The largest absolute Gasteiger partial charge is 0.449 e. The van der Waals surface area contributed by atoms with Gasteiger partial charge in [-0.1, -0.05) is 18.2 Å². The molecule has 2 aromatic rings. The molecule has 0 bridgehead atoms. The Morgan fingerprint density at radius 2 is 1.86 bits per heavy atom. The predicted molar refractivity (Wildman–Crippen MR) is 152 cm³/mol. The van der Waals surface area contributed by atoms with E-state index in [1.165, 1.54) is 29.2 Å². The Hall–Kier alpha value is -4.24. The SMILES string of the molecule is CCOC(=O)NS(=O)(=O)N1CCC(N(Cc2ccc(F)cc2)C(=O)CN2C(=O)N[C@]3(CCc4cc(N)ccc43)C2=O)CC1. The number of anilines is 1. The first-order chi connectivity index (χ1) is 20.4. The third-order valence-electron chi connectivity index (χ3n) is 8.11. The Kier molecular flexibility index (Phi) is 8.29. The molecule has 1 aliphatic carbocycles. The highest BCUT2D eigenvalue weighted by Gasteiger charge is 2.56. The van der Waals surface area contributed by atoms with Crippen molar-refractivity contribution in [1.29, 1.82) is 0 Å². The van der Waals surface area contributed by atoms with Crippen LogP contribution in [0.2, 0.25) is 0 Å². The minimum atomic E-state index is -4.16. The maximum absolute atomic E-state index is 13.8. The number of piperidine rings is 1. The van der Waals surface area contributed by atoms with Crippen molar-refractivity contribution in [2.45, 2.75) is 50.7 Å². The maximum Gasteiger partial charge on any atom is 0.421 e. The second kappa shape index (κ2) is 11.8. The molecule has 2 saturated heterocycles. The zero-order valence-corrected chi connectivity index (χ0v) is 24.4. The van der Waals surface area contributed by atoms with Crippen molar-refractivity contribution in [1.82, 2.24) is 24.1 Å². The van der Waals surface area contributed by atoms with E-state index in [-0.39, 0.29) is 39.1 Å². The van der Waals surface area contributed by atoms with Crippen molar-refractivity contribution in [3.63, 3.8) is 0 Å². The Balaban J connectivity index is 1.33. The molecule has 5 rings (SSSR count). The van der Waals surface area contributed by atoms with Gasteiger partial charge in [-0.05, 0) is 73.6 Å². The molecular formula is C28H33FN6O7S. The van der Waals surface area contributed by atoms with Crippen molar-refractivity contribution in [3.05, 3.63) is 65.0 Å². The number of amides is 5. The summed E-state index contributed by atoms with van der Waals surface area (Å²) < 4.78 is 46.5. The normalized spacial score (nSPS) is 20.7. The summed E-state index contributed by atoms with van der Waals surface area (Å²) in [6, 6.07) is 9.60. The molecule has 3 aliphatic rings. The lowest BCUT2D eigenvalue weighted by atomic mass is 9.91. The molecule has 2 heterocycles. The van der Waals surface area contributed by atoms with Gasteiger partial charge in [0.05, 0.1) is 6.61 Å². The second-order valence-corrected chi connectivity index (χ2v) is 12.4. The van der Waals surface area contributed by atoms with Gasteiger partial charge in [-0.2, -0.15) is 12.7 Å². The number of nitrogens with zero attached hydrogens (tertiary/aromatic N) is 3. The van der Waals surface area contributed by atoms with Crippen LogP contribution in [0.1, 0.15) is 42.9 Å². The molecule has 0 aromatic heterocycles. The molecule has 2 fully saturated rings. The van der Waals surface area contributed by atoms with E-state index in [1.54, 1.807) is 25.1 Å². The summed E-state index contributed by atoms with van der Waals surface area (Å²) >= 11 is 0. The highest BCUT2D eigenvalue weighted by Crippen LogP contribution is 2.42. The first-order valence-corrected chi connectivity index (χ1v) is 15.4. The van der Waals surface area contributed by atoms with E-state index >= 15 is 0 Å². The molecule has 43 heavy (non-hydrogen) atoms. The standard InChI is InChI=1S/C28H33FN6O7S/c1-2-42-27(39)32-43(40,41)33-13-10-22(11-14-33)34(16-18-3-5-20(29)6-4-18)24(36)17-35-25(37)28(31-26(35)38)12-9-19-15-21(30)7-8-23(19)28/h3-8,15,22H,2,9-14,16-17,30H2,1H3,(H,31,38)(H,32,39)/t28-/m0/s1. The molecule has 0 unspecified atom stereocenters. The fourth-order valence-electron chi connectivity index (χ4n) is 5.97. The highest BCUT2D eigenvalue weighted by molar-refractivity contribution is 7.87. The number of halogens is 1. The Morgan fingerprint density at radius 1 is 1.16 bits per heavy atom. The molecule has 1 spiro atoms. The van der Waals surface area contributed by atoms with Gasteiger partial charge in [0, 0.05) is 31.4 Å². The first-order valence-electron chi connectivity index (χ1n) is 13.9. The molecule has 0 saturated carbocycles. The number of nitrogen functional groups attached to an aromatic ring is 1. The molecule has 13 nitrogen and oxygen atoms in total. The van der Waals surface area contributed by atoms with E-state index in [1.807, 2.05) is 4.72 Å². The number of rotatable bonds is 8. The molecule has 230 valence electrons. The summed E-state index contributed by atoms with van der Waals surface area (Å²) in [5.41, 5.74) is 7.31. The van der Waals surface area contributed by atoms with Crippen molar-refractivity contribution in [2.75, 3.05) is 32.0 Å². The van der Waals surface area contributed by atoms with E-state index in [2.05, 4.69) is 10.1 Å². The van der Waals surface area contributed by atoms with Crippen LogP contribution in [0.3, 0.4) is 0 Å². The fourth-order valence-corrected chi connectivity index (χ4v) is 7.06. The molecule has 4 N–H and O–H groups in total. The number of urea groups is 1. The van der Waals surface area contributed by atoms with Gasteiger partial charge in [0.25, 0.3) is 5.91 Å². The van der Waals surface area contributed by atoms with Gasteiger partial charge in [-0.3, -0.25) is 14.5 Å². The lowest BCUT2D eigenvalue weighted by Gasteiger charge is -2.38. The van der Waals surface area contributed by atoms with Crippen LogP contribution in [-0.4, -0.2) is 78.7 Å². The molecule has 5 amide bonds. The van der Waals surface area contributed by atoms with E-state index in [4.69, 9.17) is 5.73 Å². The van der Waals surface area contributed by atoms with Crippen LogP contribution >= 0.6 is 0 Å². The van der Waals surface area contributed by atoms with Crippen LogP contribution in [0.25, 0.3) is 0 Å². The first kappa shape index (κ1) is 30.2. The lowest BCUT2D eigenvalue weighted by Crippen LogP contribution is -2.53. The van der Waals surface area contributed by atoms with Gasteiger partial charge in [0.15, 0.2) is 0 Å². The molecular weight excluding hydrogens is 583 g/mol. The molecule has 15 heteroatoms. The summed E-state index contributed by atoms with van der Waals surface area (Å²) in [7, 11) is -4.16. The van der Waals surface area contributed by atoms with Crippen LogP contribution in [0.5, 0.6) is 0 Å². The maximum atomic E-state index is 13.8. The summed E-state index contributed by atoms with van der Waals surface area (Å²) in [6.45, 7) is 1.07. The monoisotopic (exact) mass is 616 g/mol. The average Bonchev–Trinajstić information content (AvgIpc) is 3.44. The van der Waals surface area contributed by atoms with Crippen molar-refractivity contribution < 1.29 is 36.7 Å². The summed E-state index contributed by atoms with van der Waals surface area (Å²) in [6.07, 6.45) is 0.229. The minimum absolute atomic E-state index is 0.00123. The van der Waals surface area contributed by atoms with E-state index in [0.29, 0.717) is 29.7 Å². The zero-order valence-electron chi connectivity index (χ0n) is 23.5. The topological polar surface area (TPSA) is 171 Å². The smallest absolute Gasteiger partial charge is 0.421 e. The molecule has 0 radical (unpaired) electrons. The van der Waals surface area contributed by atoms with Gasteiger partial charge in [-0.25, -0.2) is 18.7 Å². The second-order valence-electron chi connectivity index (χ2n) is 10.7. The van der Waals surface area contributed by atoms with Gasteiger partial charge in [-0.15, -0.1) is 0 Å². The third-order valence-corrected chi connectivity index (χ3v) is 9.58. The van der Waals surface area contributed by atoms with E-state index in [9.17, 15) is 32.0 Å². The van der Waals surface area contributed by atoms with Crippen LogP contribution in [0.15, 0.2) is 42.5 Å². The van der Waals surface area contributed by atoms with Crippen LogP contribution in [0, 0.1) is 5.82 Å². The average molecular weight is 617 g/mol. The molecule has 2 aromatic carbocycles. The molecule has 1 atom stereocenters. The van der Waals surface area contributed by atoms with Crippen LogP contribution in [-0.2, 0) is 43.0 Å². The highest BCUT2D eigenvalue weighted by atomic mass is 32.2. The number of hydrogen-bond acceptors (Lipinski definition) is 8. The number of imide groups is 1. The Morgan fingerprint density at radius 3 is 2.53 bits per heavy atom. The zero-order chi connectivity index (χ0) is 30.9. The lowest BCUT2D eigenvalue weighted by molar-refractivity contribution is -0.141. The Labute approximate surface area is 248 Å². The number of hydrogen-bond donors (Lipinski definition) is 3. The summed E-state index contributed by atoms with van der Waals surface area (Å²) in [4.78, 5) is 54.7. The van der Waals surface area contributed by atoms with Crippen LogP contribution < -0.4 is 15.8 Å². The van der Waals surface area contributed by atoms with Crippen molar-refractivity contribution in [2.24, 2.45) is 0 Å². The number of fused-ring (bicyclic) bond motifs is 2. The number of carbonyl (C=O) groups excluding carboxylic acids is 4. The number of carbonyl (C=O) groups is 4. The number of aryl methyl sites for hydroxylation is 1. The fraction of sp³-hybridized carbons (Fsp3) is 0.429. The van der Waals surface area contributed by atoms with Crippen LogP contribution in [0.4, 0.5) is 19.7 Å². The van der Waals surface area contributed by atoms with Gasteiger partial charge < -0.3 is 20.7 Å². The van der Waals surface area contributed by atoms with Gasteiger partial charge >= 0.3 is 22.3 Å². The minimum Gasteiger partial charge on any atom is -0.449 e. The quantitative estimate of drug-likeness (QED) is 0.296. The number of benzene rings is 2. The predicted octanol–water partition coefficient (Wildman–Crippen LogP) is 1.59. The van der Waals surface area contributed by atoms with Gasteiger partial charge in [0.2, 0.25) is 5.91 Å². The van der Waals surface area contributed by atoms with Crippen molar-refractivity contribution >= 4 is 39.8 Å².